The molecular formula is C15H10ClFN4. The molecule has 0 fully saturated rings. The van der Waals surface area contributed by atoms with Gasteiger partial charge in [0.2, 0.25) is 0 Å². The van der Waals surface area contributed by atoms with E-state index in [1.165, 1.54) is 12.3 Å². The molecule has 0 radical (unpaired) electrons. The number of hydrazone groups is 1. The van der Waals surface area contributed by atoms with Crippen molar-refractivity contribution in [1.29, 1.82) is 0 Å². The number of nitrogens with zero attached hydrogens (tertiary/aromatic N) is 3. The van der Waals surface area contributed by atoms with Crippen molar-refractivity contribution in [1.82, 2.24) is 9.97 Å². The first kappa shape index (κ1) is 13.5. The van der Waals surface area contributed by atoms with Gasteiger partial charge in [0.15, 0.2) is 11.0 Å². The van der Waals surface area contributed by atoms with Crippen LogP contribution in [0.4, 0.5) is 10.2 Å². The van der Waals surface area contributed by atoms with Crippen LogP contribution in [0.3, 0.4) is 0 Å². The summed E-state index contributed by atoms with van der Waals surface area (Å²) in [7, 11) is 0. The Morgan fingerprint density at radius 2 is 1.67 bits per heavy atom. The first-order chi connectivity index (χ1) is 10.2. The van der Waals surface area contributed by atoms with E-state index in [1.54, 1.807) is 18.2 Å². The molecule has 0 unspecified atom stereocenters. The second-order valence-electron chi connectivity index (χ2n) is 4.24. The van der Waals surface area contributed by atoms with Crippen LogP contribution in [0.5, 0.6) is 0 Å². The summed E-state index contributed by atoms with van der Waals surface area (Å²) in [6, 6.07) is 13.7. The second-order valence-corrected chi connectivity index (χ2v) is 4.60. The third kappa shape index (κ3) is 2.98. The summed E-state index contributed by atoms with van der Waals surface area (Å²) in [4.78, 5) is 8.53. The predicted octanol–water partition coefficient (Wildman–Crippen LogP) is 3.87. The second kappa shape index (κ2) is 5.85. The van der Waals surface area contributed by atoms with Crippen LogP contribution in [0.25, 0.3) is 11.0 Å². The van der Waals surface area contributed by atoms with Gasteiger partial charge in [-0.25, -0.2) is 14.4 Å². The van der Waals surface area contributed by atoms with Crippen LogP contribution in [0, 0.1) is 5.82 Å². The van der Waals surface area contributed by atoms with Crippen molar-refractivity contribution in [2.45, 2.75) is 0 Å². The van der Waals surface area contributed by atoms with E-state index in [1.807, 2.05) is 24.3 Å². The zero-order valence-corrected chi connectivity index (χ0v) is 11.5. The highest BCUT2D eigenvalue weighted by molar-refractivity contribution is 6.32. The fraction of sp³-hybridized carbons (Fsp3) is 0. The minimum absolute atomic E-state index is 0.208. The van der Waals surface area contributed by atoms with Crippen LogP contribution in [0.2, 0.25) is 5.15 Å². The number of para-hydroxylation sites is 2. The average Bonchev–Trinajstić information content (AvgIpc) is 2.49. The van der Waals surface area contributed by atoms with E-state index >= 15 is 0 Å². The van der Waals surface area contributed by atoms with Crippen LogP contribution < -0.4 is 5.43 Å². The standard InChI is InChI=1S/C15H10ClFN4/c16-14-15(20-13-8-4-3-7-12(13)19-14)21-18-9-10-5-1-2-6-11(10)17/h1-9H,(H,20,21)/b18-9+. The number of benzene rings is 2. The summed E-state index contributed by atoms with van der Waals surface area (Å²) in [5.41, 5.74) is 4.45. The van der Waals surface area contributed by atoms with Gasteiger partial charge in [0.25, 0.3) is 0 Å². The number of hydrogen-bond acceptors (Lipinski definition) is 4. The van der Waals surface area contributed by atoms with Gasteiger partial charge in [-0.3, -0.25) is 5.43 Å². The Morgan fingerprint density at radius 1 is 1.00 bits per heavy atom. The summed E-state index contributed by atoms with van der Waals surface area (Å²) in [6.07, 6.45) is 1.36. The molecule has 0 aliphatic carbocycles. The van der Waals surface area contributed by atoms with Crippen molar-refractivity contribution < 1.29 is 4.39 Å². The Labute approximate surface area is 125 Å². The molecule has 0 saturated carbocycles. The highest BCUT2D eigenvalue weighted by atomic mass is 35.5. The molecule has 3 aromatic rings. The van der Waals surface area contributed by atoms with Gasteiger partial charge in [0.05, 0.1) is 17.2 Å². The van der Waals surface area contributed by atoms with E-state index in [9.17, 15) is 4.39 Å². The molecule has 0 atom stereocenters. The van der Waals surface area contributed by atoms with Gasteiger partial charge < -0.3 is 0 Å². The summed E-state index contributed by atoms with van der Waals surface area (Å²) in [5, 5.41) is 4.15. The number of aromatic nitrogens is 2. The van der Waals surface area contributed by atoms with Gasteiger partial charge >= 0.3 is 0 Å². The molecule has 1 heterocycles. The third-order valence-corrected chi connectivity index (χ3v) is 3.07. The monoisotopic (exact) mass is 300 g/mol. The quantitative estimate of drug-likeness (QED) is 0.590. The van der Waals surface area contributed by atoms with E-state index in [0.29, 0.717) is 22.4 Å². The summed E-state index contributed by atoms with van der Waals surface area (Å²) >= 11 is 6.03. The van der Waals surface area contributed by atoms with Crippen LogP contribution in [0.15, 0.2) is 53.6 Å². The molecule has 0 amide bonds. The smallest absolute Gasteiger partial charge is 0.185 e. The average molecular weight is 301 g/mol. The molecule has 0 saturated heterocycles. The van der Waals surface area contributed by atoms with Gasteiger partial charge in [-0.1, -0.05) is 41.9 Å². The van der Waals surface area contributed by atoms with Gasteiger partial charge in [0.1, 0.15) is 5.82 Å². The van der Waals surface area contributed by atoms with Crippen molar-refractivity contribution >= 4 is 34.7 Å². The van der Waals surface area contributed by atoms with E-state index in [0.717, 1.165) is 0 Å². The largest absolute Gasteiger partial charge is 0.259 e. The molecule has 0 aliphatic heterocycles. The Bertz CT molecular complexity index is 820. The third-order valence-electron chi connectivity index (χ3n) is 2.81. The molecule has 104 valence electrons. The van der Waals surface area contributed by atoms with Gasteiger partial charge in [-0.05, 0) is 18.2 Å². The normalized spacial score (nSPS) is 11.1. The SMILES string of the molecule is Fc1ccccc1/C=N/Nc1nc2ccccc2nc1Cl. The maximum Gasteiger partial charge on any atom is 0.185 e. The maximum atomic E-state index is 13.4. The van der Waals surface area contributed by atoms with Gasteiger partial charge in [-0.2, -0.15) is 5.10 Å². The number of fused-ring (bicyclic) bond motifs is 1. The summed E-state index contributed by atoms with van der Waals surface area (Å²) in [5.74, 6) is -0.0262. The molecule has 3 rings (SSSR count). The van der Waals surface area contributed by atoms with Crippen LogP contribution >= 0.6 is 11.6 Å². The molecule has 0 spiro atoms. The Balaban J connectivity index is 1.85. The lowest BCUT2D eigenvalue weighted by Gasteiger charge is -2.04. The summed E-state index contributed by atoms with van der Waals surface area (Å²) in [6.45, 7) is 0. The van der Waals surface area contributed by atoms with Crippen molar-refractivity contribution in [2.24, 2.45) is 5.10 Å². The zero-order valence-electron chi connectivity index (χ0n) is 10.8. The van der Waals surface area contributed by atoms with Crippen molar-refractivity contribution in [3.63, 3.8) is 0 Å². The minimum Gasteiger partial charge on any atom is -0.259 e. The number of rotatable bonds is 3. The molecule has 0 bridgehead atoms. The topological polar surface area (TPSA) is 50.2 Å². The maximum absolute atomic E-state index is 13.4. The predicted molar refractivity (Wildman–Crippen MR) is 82.2 cm³/mol. The lowest BCUT2D eigenvalue weighted by Crippen LogP contribution is -1.98. The van der Waals surface area contributed by atoms with Gasteiger partial charge in [0, 0.05) is 5.56 Å². The van der Waals surface area contributed by atoms with Crippen LogP contribution in [-0.4, -0.2) is 16.2 Å². The summed E-state index contributed by atoms with van der Waals surface area (Å²) < 4.78 is 13.4. The Hall–Kier alpha value is -2.53. The Kier molecular flexibility index (Phi) is 3.75. The number of hydrogen-bond donors (Lipinski definition) is 1. The van der Waals surface area contributed by atoms with Crippen LogP contribution in [-0.2, 0) is 0 Å². The number of halogens is 2. The minimum atomic E-state index is -0.348. The number of nitrogens with one attached hydrogen (secondary N) is 1. The molecule has 1 N–H and O–H groups in total. The molecule has 2 aromatic carbocycles. The lowest BCUT2D eigenvalue weighted by atomic mass is 10.2. The molecule has 6 heteroatoms. The number of anilines is 1. The first-order valence-electron chi connectivity index (χ1n) is 6.20. The molecule has 0 aliphatic rings. The highest BCUT2D eigenvalue weighted by Crippen LogP contribution is 2.20. The molecule has 1 aromatic heterocycles. The van der Waals surface area contributed by atoms with Gasteiger partial charge in [-0.15, -0.1) is 0 Å². The highest BCUT2D eigenvalue weighted by Gasteiger charge is 2.05. The lowest BCUT2D eigenvalue weighted by molar-refractivity contribution is 0.626. The van der Waals surface area contributed by atoms with Crippen molar-refractivity contribution in [3.05, 3.63) is 65.1 Å². The van der Waals surface area contributed by atoms with Crippen LogP contribution in [0.1, 0.15) is 5.56 Å². The molecule has 4 nitrogen and oxygen atoms in total. The zero-order chi connectivity index (χ0) is 14.7. The molecular weight excluding hydrogens is 291 g/mol. The van der Waals surface area contributed by atoms with E-state index in [-0.39, 0.29) is 11.0 Å². The van der Waals surface area contributed by atoms with Crippen molar-refractivity contribution in [3.8, 4) is 0 Å². The van der Waals surface area contributed by atoms with E-state index in [2.05, 4.69) is 20.5 Å². The fourth-order valence-electron chi connectivity index (χ4n) is 1.79. The van der Waals surface area contributed by atoms with E-state index < -0.39 is 0 Å². The molecule has 21 heavy (non-hydrogen) atoms. The first-order valence-corrected chi connectivity index (χ1v) is 6.58. The van der Waals surface area contributed by atoms with Crippen molar-refractivity contribution in [2.75, 3.05) is 5.43 Å². The fourth-order valence-corrected chi connectivity index (χ4v) is 1.97. The Morgan fingerprint density at radius 3 is 2.43 bits per heavy atom. The van der Waals surface area contributed by atoms with E-state index in [4.69, 9.17) is 11.6 Å².